The molecule has 1 N–H and O–H groups in total. The molecule has 1 nitrogen and oxygen atoms in total. The lowest BCUT2D eigenvalue weighted by Crippen LogP contribution is -2.46. The summed E-state index contributed by atoms with van der Waals surface area (Å²) in [4.78, 5) is 1.29. The minimum absolute atomic E-state index is 0.618. The van der Waals surface area contributed by atoms with Crippen molar-refractivity contribution < 1.29 is 0 Å². The number of rotatable bonds is 4. The van der Waals surface area contributed by atoms with Gasteiger partial charge < -0.3 is 5.32 Å². The van der Waals surface area contributed by atoms with E-state index in [0.717, 1.165) is 23.4 Å². The fourth-order valence-corrected chi connectivity index (χ4v) is 4.82. The number of hydrogen-bond acceptors (Lipinski definition) is 2. The lowest BCUT2D eigenvalue weighted by atomic mass is 9.80. The average molecular weight is 298 g/mol. The van der Waals surface area contributed by atoms with Crippen LogP contribution < -0.4 is 5.32 Å². The smallest absolute Gasteiger partial charge is 0.0417 e. The first kappa shape index (κ1) is 15.2. The van der Waals surface area contributed by atoms with E-state index in [9.17, 15) is 0 Å². The van der Waals surface area contributed by atoms with Crippen LogP contribution in [0, 0.1) is 11.8 Å². The molecule has 0 saturated heterocycles. The third-order valence-corrected chi connectivity index (χ3v) is 5.75. The third kappa shape index (κ3) is 4.14. The first-order valence-electron chi connectivity index (χ1n) is 7.25. The largest absolute Gasteiger partial charge is 0.313 e. The summed E-state index contributed by atoms with van der Waals surface area (Å²) in [7, 11) is 0. The molecule has 0 amide bonds. The third-order valence-electron chi connectivity index (χ3n) is 3.92. The predicted molar refractivity (Wildman–Crippen MR) is 86.1 cm³/mol. The molecule has 0 heterocycles. The number of benzene rings is 1. The molecule has 4 atom stereocenters. The Labute approximate surface area is 126 Å². The Bertz CT molecular complexity index is 409. The lowest BCUT2D eigenvalue weighted by Gasteiger charge is -2.39. The van der Waals surface area contributed by atoms with Gasteiger partial charge in [-0.05, 0) is 49.4 Å². The fraction of sp³-hybridized carbons (Fsp3) is 0.625. The standard InChI is InChI=1S/C16H24ClNS/c1-4-18-15-9-11(2)8-12(3)16(15)19-14-7-5-6-13(17)10-14/h5-7,10-12,15-16,18H,4,8-9H2,1-3H3. The van der Waals surface area contributed by atoms with Crippen molar-refractivity contribution in [1.29, 1.82) is 0 Å². The van der Waals surface area contributed by atoms with Crippen LogP contribution in [0.15, 0.2) is 29.2 Å². The van der Waals surface area contributed by atoms with Gasteiger partial charge in [-0.1, -0.05) is 38.4 Å². The Kier molecular flexibility index (Phi) is 5.61. The molecule has 1 fully saturated rings. The van der Waals surface area contributed by atoms with Crippen LogP contribution >= 0.6 is 23.4 Å². The zero-order valence-electron chi connectivity index (χ0n) is 12.0. The van der Waals surface area contributed by atoms with Crippen LogP contribution in [0.1, 0.15) is 33.6 Å². The Morgan fingerprint density at radius 3 is 2.79 bits per heavy atom. The first-order chi connectivity index (χ1) is 9.10. The molecular formula is C16H24ClNS. The molecule has 0 aromatic heterocycles. The van der Waals surface area contributed by atoms with Gasteiger partial charge in [0.15, 0.2) is 0 Å². The molecule has 1 aliphatic carbocycles. The maximum atomic E-state index is 6.09. The van der Waals surface area contributed by atoms with Gasteiger partial charge in [-0.15, -0.1) is 11.8 Å². The lowest BCUT2D eigenvalue weighted by molar-refractivity contribution is 0.251. The van der Waals surface area contributed by atoms with Crippen LogP contribution in [0.4, 0.5) is 0 Å². The molecule has 2 rings (SSSR count). The summed E-state index contributed by atoms with van der Waals surface area (Å²) in [5, 5.41) is 5.16. The van der Waals surface area contributed by atoms with Gasteiger partial charge in [0.25, 0.3) is 0 Å². The molecule has 1 aromatic rings. The van der Waals surface area contributed by atoms with Gasteiger partial charge in [0.2, 0.25) is 0 Å². The Hall–Kier alpha value is -0.180. The highest BCUT2D eigenvalue weighted by Crippen LogP contribution is 2.40. The van der Waals surface area contributed by atoms with Crippen LogP contribution in [-0.4, -0.2) is 17.8 Å². The van der Waals surface area contributed by atoms with Crippen molar-refractivity contribution in [3.8, 4) is 0 Å². The minimum atomic E-state index is 0.618. The number of hydrogen-bond donors (Lipinski definition) is 1. The van der Waals surface area contributed by atoms with E-state index in [1.165, 1.54) is 17.7 Å². The van der Waals surface area contributed by atoms with Crippen molar-refractivity contribution in [2.75, 3.05) is 6.54 Å². The van der Waals surface area contributed by atoms with Crippen LogP contribution in [0.2, 0.25) is 5.02 Å². The minimum Gasteiger partial charge on any atom is -0.313 e. The molecule has 1 aromatic carbocycles. The van der Waals surface area contributed by atoms with Crippen molar-refractivity contribution in [3.05, 3.63) is 29.3 Å². The first-order valence-corrected chi connectivity index (χ1v) is 8.51. The summed E-state index contributed by atoms with van der Waals surface area (Å²) in [6, 6.07) is 8.86. The maximum absolute atomic E-state index is 6.09. The highest BCUT2D eigenvalue weighted by atomic mass is 35.5. The van der Waals surface area contributed by atoms with E-state index in [-0.39, 0.29) is 0 Å². The van der Waals surface area contributed by atoms with Gasteiger partial charge in [-0.25, -0.2) is 0 Å². The zero-order valence-corrected chi connectivity index (χ0v) is 13.6. The van der Waals surface area contributed by atoms with Crippen LogP contribution in [0.3, 0.4) is 0 Å². The van der Waals surface area contributed by atoms with Gasteiger partial charge in [-0.3, -0.25) is 0 Å². The summed E-state index contributed by atoms with van der Waals surface area (Å²) >= 11 is 8.08. The Balaban J connectivity index is 2.10. The van der Waals surface area contributed by atoms with E-state index < -0.39 is 0 Å². The molecule has 4 unspecified atom stereocenters. The monoisotopic (exact) mass is 297 g/mol. The van der Waals surface area contributed by atoms with E-state index in [0.29, 0.717) is 11.3 Å². The number of nitrogens with one attached hydrogen (secondary N) is 1. The van der Waals surface area contributed by atoms with Gasteiger partial charge in [0.1, 0.15) is 0 Å². The van der Waals surface area contributed by atoms with Gasteiger partial charge in [-0.2, -0.15) is 0 Å². The van der Waals surface area contributed by atoms with Crippen molar-refractivity contribution in [3.63, 3.8) is 0 Å². The predicted octanol–water partition coefficient (Wildman–Crippen LogP) is 4.84. The normalized spacial score (nSPS) is 31.4. The fourth-order valence-electron chi connectivity index (χ4n) is 3.19. The van der Waals surface area contributed by atoms with Crippen molar-refractivity contribution in [2.45, 2.75) is 49.8 Å². The van der Waals surface area contributed by atoms with E-state index in [1.54, 1.807) is 0 Å². The van der Waals surface area contributed by atoms with Gasteiger partial charge >= 0.3 is 0 Å². The molecule has 0 spiro atoms. The molecule has 106 valence electrons. The van der Waals surface area contributed by atoms with Crippen LogP contribution in [0.5, 0.6) is 0 Å². The SMILES string of the molecule is CCNC1CC(C)CC(C)C1Sc1cccc(Cl)c1. The quantitative estimate of drug-likeness (QED) is 0.853. The number of halogens is 1. The van der Waals surface area contributed by atoms with Gasteiger partial charge in [0, 0.05) is 21.2 Å². The summed E-state index contributed by atoms with van der Waals surface area (Å²) in [6.07, 6.45) is 2.62. The summed E-state index contributed by atoms with van der Waals surface area (Å²) in [6.45, 7) is 8.02. The second-order valence-corrected chi connectivity index (χ2v) is 7.45. The van der Waals surface area contributed by atoms with E-state index in [1.807, 2.05) is 23.9 Å². The van der Waals surface area contributed by atoms with Crippen molar-refractivity contribution >= 4 is 23.4 Å². The maximum Gasteiger partial charge on any atom is 0.0417 e. The van der Waals surface area contributed by atoms with E-state index in [4.69, 9.17) is 11.6 Å². The summed E-state index contributed by atoms with van der Waals surface area (Å²) in [5.74, 6) is 1.58. The Morgan fingerprint density at radius 1 is 1.32 bits per heavy atom. The van der Waals surface area contributed by atoms with E-state index >= 15 is 0 Å². The summed E-state index contributed by atoms with van der Waals surface area (Å²) < 4.78 is 0. The summed E-state index contributed by atoms with van der Waals surface area (Å²) in [5.41, 5.74) is 0. The molecule has 3 heteroatoms. The second kappa shape index (κ2) is 7.01. The molecule has 19 heavy (non-hydrogen) atoms. The molecular weight excluding hydrogens is 274 g/mol. The van der Waals surface area contributed by atoms with E-state index in [2.05, 4.69) is 38.2 Å². The molecule has 0 bridgehead atoms. The second-order valence-electron chi connectivity index (χ2n) is 5.76. The zero-order chi connectivity index (χ0) is 13.8. The molecule has 0 radical (unpaired) electrons. The van der Waals surface area contributed by atoms with Crippen LogP contribution in [-0.2, 0) is 0 Å². The number of thioether (sulfide) groups is 1. The highest BCUT2D eigenvalue weighted by molar-refractivity contribution is 8.00. The van der Waals surface area contributed by atoms with Crippen LogP contribution in [0.25, 0.3) is 0 Å². The Morgan fingerprint density at radius 2 is 2.11 bits per heavy atom. The topological polar surface area (TPSA) is 12.0 Å². The van der Waals surface area contributed by atoms with Crippen molar-refractivity contribution in [1.82, 2.24) is 5.32 Å². The molecule has 1 aliphatic rings. The average Bonchev–Trinajstić information content (AvgIpc) is 2.34. The van der Waals surface area contributed by atoms with Crippen molar-refractivity contribution in [2.24, 2.45) is 11.8 Å². The molecule has 0 aliphatic heterocycles. The molecule has 1 saturated carbocycles. The highest BCUT2D eigenvalue weighted by Gasteiger charge is 2.34. The van der Waals surface area contributed by atoms with Gasteiger partial charge in [0.05, 0.1) is 0 Å².